The van der Waals surface area contributed by atoms with E-state index in [1.54, 1.807) is 18.2 Å². The number of para-hydroxylation sites is 1. The number of aromatic nitrogens is 1. The molecule has 4 aromatic rings. The van der Waals surface area contributed by atoms with E-state index in [1.165, 1.54) is 12.1 Å². The highest BCUT2D eigenvalue weighted by atomic mass is 32.2. The Morgan fingerprint density at radius 1 is 0.903 bits per heavy atom. The van der Waals surface area contributed by atoms with Gasteiger partial charge in [0.05, 0.1) is 4.90 Å². The minimum atomic E-state index is -3.71. The molecule has 0 amide bonds. The minimum absolute atomic E-state index is 0.177. The molecule has 0 fully saturated rings. The monoisotopic (exact) mass is 435 g/mol. The normalized spacial score (nSPS) is 11.7. The molecule has 0 saturated heterocycles. The zero-order chi connectivity index (χ0) is 21.8. The molecular weight excluding hydrogens is 410 g/mol. The van der Waals surface area contributed by atoms with Crippen LogP contribution >= 0.6 is 0 Å². The molecule has 3 aromatic carbocycles. The summed E-state index contributed by atoms with van der Waals surface area (Å²) in [5.74, 6) is 1.27. The van der Waals surface area contributed by atoms with Gasteiger partial charge in [-0.15, -0.1) is 0 Å². The molecule has 160 valence electrons. The maximum absolute atomic E-state index is 12.8. The zero-order valence-electron chi connectivity index (χ0n) is 17.5. The maximum atomic E-state index is 12.8. The Kier molecular flexibility index (Phi) is 5.97. The molecule has 31 heavy (non-hydrogen) atoms. The molecule has 0 unspecified atom stereocenters. The third kappa shape index (κ3) is 5.07. The molecule has 6 nitrogen and oxygen atoms in total. The van der Waals surface area contributed by atoms with Crippen molar-refractivity contribution in [2.45, 2.75) is 11.4 Å². The Hall–Kier alpha value is -3.29. The van der Waals surface area contributed by atoms with E-state index in [0.29, 0.717) is 17.2 Å². The molecule has 7 heteroatoms. The number of rotatable bonds is 8. The molecule has 0 aliphatic heterocycles. The number of fused-ring (bicyclic) bond motifs is 1. The van der Waals surface area contributed by atoms with Crippen molar-refractivity contribution in [1.29, 1.82) is 0 Å². The topological polar surface area (TPSA) is 63.6 Å². The summed E-state index contributed by atoms with van der Waals surface area (Å²) in [6.07, 6.45) is 2.03. The lowest BCUT2D eigenvalue weighted by molar-refractivity contribution is 0.387. The molecule has 1 heterocycles. The van der Waals surface area contributed by atoms with Gasteiger partial charge in [-0.25, -0.2) is 8.42 Å². The maximum Gasteiger partial charge on any atom is 0.261 e. The summed E-state index contributed by atoms with van der Waals surface area (Å²) in [6.45, 7) is 1.81. The Labute approximate surface area is 182 Å². The van der Waals surface area contributed by atoms with Crippen LogP contribution in [0, 0.1) is 0 Å². The summed E-state index contributed by atoms with van der Waals surface area (Å²) in [7, 11) is 0.376. The third-order valence-electron chi connectivity index (χ3n) is 4.92. The van der Waals surface area contributed by atoms with Gasteiger partial charge in [-0.1, -0.05) is 18.2 Å². The quantitative estimate of drug-likeness (QED) is 0.432. The Balaban J connectivity index is 1.48. The van der Waals surface area contributed by atoms with Gasteiger partial charge in [-0.05, 0) is 74.8 Å². The van der Waals surface area contributed by atoms with E-state index in [1.807, 2.05) is 68.8 Å². The van der Waals surface area contributed by atoms with E-state index in [-0.39, 0.29) is 4.90 Å². The molecule has 0 aliphatic carbocycles. The van der Waals surface area contributed by atoms with E-state index >= 15 is 0 Å². The number of hydrogen-bond acceptors (Lipinski definition) is 4. The number of ether oxygens (including phenoxy) is 1. The second kappa shape index (κ2) is 8.83. The molecule has 1 aromatic heterocycles. The fraction of sp³-hybridized carbons (Fsp3) is 0.167. The van der Waals surface area contributed by atoms with Crippen LogP contribution in [0.5, 0.6) is 11.5 Å². The highest BCUT2D eigenvalue weighted by Gasteiger charge is 2.15. The Morgan fingerprint density at radius 3 is 2.32 bits per heavy atom. The lowest BCUT2D eigenvalue weighted by Gasteiger charge is -2.12. The van der Waals surface area contributed by atoms with E-state index in [9.17, 15) is 8.42 Å². The molecule has 0 radical (unpaired) electrons. The van der Waals surface area contributed by atoms with Gasteiger partial charge in [0.2, 0.25) is 0 Å². The average Bonchev–Trinajstić information content (AvgIpc) is 3.15. The first-order valence-electron chi connectivity index (χ1n) is 10.0. The van der Waals surface area contributed by atoms with Crippen LogP contribution in [0.4, 0.5) is 5.69 Å². The van der Waals surface area contributed by atoms with Crippen molar-refractivity contribution in [1.82, 2.24) is 9.47 Å². The number of anilines is 1. The van der Waals surface area contributed by atoms with Crippen LogP contribution in [0.25, 0.3) is 10.9 Å². The number of benzene rings is 3. The smallest absolute Gasteiger partial charge is 0.261 e. The first kappa shape index (κ1) is 21.0. The van der Waals surface area contributed by atoms with Crippen LogP contribution < -0.4 is 9.46 Å². The van der Waals surface area contributed by atoms with E-state index in [4.69, 9.17) is 4.74 Å². The number of nitrogens with zero attached hydrogens (tertiary/aromatic N) is 2. The van der Waals surface area contributed by atoms with Crippen molar-refractivity contribution in [3.8, 4) is 11.5 Å². The van der Waals surface area contributed by atoms with Gasteiger partial charge >= 0.3 is 0 Å². The van der Waals surface area contributed by atoms with Crippen molar-refractivity contribution in [3.63, 3.8) is 0 Å². The molecule has 0 bridgehead atoms. The zero-order valence-corrected chi connectivity index (χ0v) is 18.3. The van der Waals surface area contributed by atoms with Gasteiger partial charge in [0, 0.05) is 35.9 Å². The second-order valence-corrected chi connectivity index (χ2v) is 9.26. The summed E-state index contributed by atoms with van der Waals surface area (Å²) in [6, 6.07) is 23.3. The SMILES string of the molecule is CN(C)CCn1ccc2cc(NS(=O)(=O)c3ccc(Oc4ccccc4)cc3)ccc21. The van der Waals surface area contributed by atoms with Crippen LogP contribution in [0.2, 0.25) is 0 Å². The van der Waals surface area contributed by atoms with E-state index in [0.717, 1.165) is 24.0 Å². The number of nitrogens with one attached hydrogen (secondary N) is 1. The minimum Gasteiger partial charge on any atom is -0.457 e. The van der Waals surface area contributed by atoms with Gasteiger partial charge in [-0.3, -0.25) is 4.72 Å². The number of hydrogen-bond donors (Lipinski definition) is 1. The van der Waals surface area contributed by atoms with Crippen LogP contribution in [-0.2, 0) is 16.6 Å². The molecule has 0 spiro atoms. The number of likely N-dealkylation sites (N-methyl/N-ethyl adjacent to an activating group) is 1. The Morgan fingerprint density at radius 2 is 1.61 bits per heavy atom. The van der Waals surface area contributed by atoms with Gasteiger partial charge in [0.15, 0.2) is 0 Å². The molecule has 4 rings (SSSR count). The standard InChI is InChI=1S/C24H25N3O3S/c1-26(2)16-17-27-15-14-19-18-20(8-13-24(19)27)25-31(28,29)23-11-9-22(10-12-23)30-21-6-4-3-5-7-21/h3-15,18,25H,16-17H2,1-2H3. The van der Waals surface area contributed by atoms with Gasteiger partial charge in [0.25, 0.3) is 10.0 Å². The largest absolute Gasteiger partial charge is 0.457 e. The second-order valence-electron chi connectivity index (χ2n) is 7.58. The summed E-state index contributed by atoms with van der Waals surface area (Å²) < 4.78 is 36.2. The summed E-state index contributed by atoms with van der Waals surface area (Å²) >= 11 is 0. The van der Waals surface area contributed by atoms with Crippen LogP contribution in [0.1, 0.15) is 0 Å². The lowest BCUT2D eigenvalue weighted by Crippen LogP contribution is -2.17. The molecule has 1 N–H and O–H groups in total. The van der Waals surface area contributed by atoms with Gasteiger partial charge < -0.3 is 14.2 Å². The third-order valence-corrected chi connectivity index (χ3v) is 6.32. The molecular formula is C24H25N3O3S. The first-order chi connectivity index (χ1) is 14.9. The predicted molar refractivity (Wildman–Crippen MR) is 124 cm³/mol. The highest BCUT2D eigenvalue weighted by Crippen LogP contribution is 2.25. The average molecular weight is 436 g/mol. The van der Waals surface area contributed by atoms with Crippen LogP contribution in [0.15, 0.2) is 90.0 Å². The van der Waals surface area contributed by atoms with Crippen molar-refractivity contribution in [2.24, 2.45) is 0 Å². The fourth-order valence-corrected chi connectivity index (χ4v) is 4.34. The fourth-order valence-electron chi connectivity index (χ4n) is 3.29. The predicted octanol–water partition coefficient (Wildman–Crippen LogP) is 4.80. The van der Waals surface area contributed by atoms with E-state index in [2.05, 4.69) is 14.2 Å². The Bertz CT molecular complexity index is 1260. The van der Waals surface area contributed by atoms with Crippen LogP contribution in [-0.4, -0.2) is 38.5 Å². The van der Waals surface area contributed by atoms with Gasteiger partial charge in [-0.2, -0.15) is 0 Å². The molecule has 0 aliphatic rings. The van der Waals surface area contributed by atoms with Crippen molar-refractivity contribution in [2.75, 3.05) is 25.4 Å². The highest BCUT2D eigenvalue weighted by molar-refractivity contribution is 7.92. The molecule has 0 atom stereocenters. The molecule has 0 saturated carbocycles. The summed E-state index contributed by atoms with van der Waals surface area (Å²) in [5.41, 5.74) is 1.61. The van der Waals surface area contributed by atoms with E-state index < -0.39 is 10.0 Å². The summed E-state index contributed by atoms with van der Waals surface area (Å²) in [5, 5.41) is 0.991. The summed E-state index contributed by atoms with van der Waals surface area (Å²) in [4.78, 5) is 2.31. The van der Waals surface area contributed by atoms with Crippen LogP contribution in [0.3, 0.4) is 0 Å². The number of sulfonamides is 1. The van der Waals surface area contributed by atoms with Crippen molar-refractivity contribution < 1.29 is 13.2 Å². The first-order valence-corrected chi connectivity index (χ1v) is 11.5. The van der Waals surface area contributed by atoms with Gasteiger partial charge in [0.1, 0.15) is 11.5 Å². The lowest BCUT2D eigenvalue weighted by atomic mass is 10.2. The van der Waals surface area contributed by atoms with Crippen molar-refractivity contribution in [3.05, 3.63) is 85.1 Å². The van der Waals surface area contributed by atoms with Crippen molar-refractivity contribution >= 4 is 26.6 Å².